The summed E-state index contributed by atoms with van der Waals surface area (Å²) in [7, 11) is 0. The second-order valence-electron chi connectivity index (χ2n) is 5.43. The van der Waals surface area contributed by atoms with Gasteiger partial charge in [0.25, 0.3) is 0 Å². The monoisotopic (exact) mass is 361 g/mol. The lowest BCUT2D eigenvalue weighted by Crippen LogP contribution is -2.30. The van der Waals surface area contributed by atoms with Gasteiger partial charge in [-0.05, 0) is 30.5 Å². The van der Waals surface area contributed by atoms with E-state index in [4.69, 9.17) is 5.73 Å². The first kappa shape index (κ1) is 20.6. The number of halogens is 3. The van der Waals surface area contributed by atoms with E-state index < -0.39 is 18.8 Å². The second-order valence-corrected chi connectivity index (χ2v) is 5.43. The van der Waals surface area contributed by atoms with Gasteiger partial charge in [0.05, 0.1) is 0 Å². The molecule has 3 amide bonds. The van der Waals surface area contributed by atoms with Crippen molar-refractivity contribution >= 4 is 11.9 Å². The van der Waals surface area contributed by atoms with Crippen LogP contribution >= 0.6 is 0 Å². The average molecular weight is 361 g/mol. The third-order valence-electron chi connectivity index (χ3n) is 3.17. The normalized spacial score (nSPS) is 11.0. The molecule has 0 atom stereocenters. The van der Waals surface area contributed by atoms with Gasteiger partial charge in [-0.3, -0.25) is 4.79 Å². The topological polar surface area (TPSA) is 93.5 Å². The Bertz CT molecular complexity index is 565. The molecule has 140 valence electrons. The van der Waals surface area contributed by atoms with E-state index in [1.165, 1.54) is 12.1 Å². The summed E-state index contributed by atoms with van der Waals surface area (Å²) >= 11 is 0. The van der Waals surface area contributed by atoms with Gasteiger partial charge in [-0.15, -0.1) is 0 Å². The van der Waals surface area contributed by atoms with E-state index in [1.54, 1.807) is 12.1 Å². The van der Waals surface area contributed by atoms with E-state index >= 15 is 0 Å². The first-order valence-electron chi connectivity index (χ1n) is 7.85. The number of rotatable bonds is 10. The van der Waals surface area contributed by atoms with Gasteiger partial charge >= 0.3 is 12.2 Å². The molecule has 25 heavy (non-hydrogen) atoms. The lowest BCUT2D eigenvalue weighted by Gasteiger charge is -2.11. The number of hydrogen-bond donors (Lipinski definition) is 3. The molecule has 4 N–H and O–H groups in total. The van der Waals surface area contributed by atoms with Crippen LogP contribution in [0.5, 0.6) is 5.75 Å². The number of benzene rings is 1. The quantitative estimate of drug-likeness (QED) is 0.559. The molecule has 0 saturated carbocycles. The van der Waals surface area contributed by atoms with Crippen molar-refractivity contribution in [2.45, 2.75) is 38.4 Å². The Hall–Kier alpha value is -2.45. The Balaban J connectivity index is 2.23. The summed E-state index contributed by atoms with van der Waals surface area (Å²) < 4.78 is 41.0. The van der Waals surface area contributed by atoms with Crippen molar-refractivity contribution in [1.82, 2.24) is 10.6 Å². The Morgan fingerprint density at radius 3 is 2.56 bits per heavy atom. The maximum Gasteiger partial charge on any atom is 0.422 e. The minimum atomic E-state index is -4.39. The zero-order chi connectivity index (χ0) is 18.7. The van der Waals surface area contributed by atoms with Gasteiger partial charge in [-0.1, -0.05) is 18.6 Å². The molecule has 0 fully saturated rings. The highest BCUT2D eigenvalue weighted by atomic mass is 19.4. The van der Waals surface area contributed by atoms with Gasteiger partial charge in [0.15, 0.2) is 6.61 Å². The maximum atomic E-state index is 12.1. The van der Waals surface area contributed by atoms with E-state index in [0.717, 1.165) is 12.8 Å². The van der Waals surface area contributed by atoms with Gasteiger partial charge in [0, 0.05) is 19.5 Å². The third-order valence-corrected chi connectivity index (χ3v) is 3.17. The van der Waals surface area contributed by atoms with Crippen molar-refractivity contribution in [3.05, 3.63) is 29.8 Å². The Morgan fingerprint density at radius 2 is 1.88 bits per heavy atom. The van der Waals surface area contributed by atoms with Crippen LogP contribution in [0.2, 0.25) is 0 Å². The molecule has 1 aromatic carbocycles. The average Bonchev–Trinajstić information content (AvgIpc) is 2.54. The summed E-state index contributed by atoms with van der Waals surface area (Å²) in [4.78, 5) is 22.2. The number of carbonyl (C=O) groups excluding carboxylic acids is 2. The van der Waals surface area contributed by atoms with Crippen LogP contribution in [-0.2, 0) is 11.3 Å². The first-order valence-corrected chi connectivity index (χ1v) is 7.85. The molecule has 0 spiro atoms. The van der Waals surface area contributed by atoms with Crippen molar-refractivity contribution in [1.29, 1.82) is 0 Å². The van der Waals surface area contributed by atoms with E-state index in [1.807, 2.05) is 0 Å². The predicted molar refractivity (Wildman–Crippen MR) is 85.9 cm³/mol. The number of ether oxygens (including phenoxy) is 1. The standard InChI is InChI=1S/C16H22F3N3O3/c17-16(18,19)11-25-13-6-4-5-12(9-13)10-22-14(23)7-2-1-3-8-21-15(20)24/h4-6,9H,1-3,7-8,10-11H2,(H,22,23)(H3,20,21,24). The minimum Gasteiger partial charge on any atom is -0.484 e. The zero-order valence-electron chi connectivity index (χ0n) is 13.7. The predicted octanol–water partition coefficient (Wildman–Crippen LogP) is 2.47. The van der Waals surface area contributed by atoms with Crippen LogP contribution in [0.25, 0.3) is 0 Å². The van der Waals surface area contributed by atoms with Crippen LogP contribution in [0.4, 0.5) is 18.0 Å². The molecule has 1 aromatic rings. The molecule has 9 heteroatoms. The van der Waals surface area contributed by atoms with Crippen LogP contribution in [0.3, 0.4) is 0 Å². The fraction of sp³-hybridized carbons (Fsp3) is 0.500. The highest BCUT2D eigenvalue weighted by Crippen LogP contribution is 2.19. The number of amides is 3. The van der Waals surface area contributed by atoms with Crippen molar-refractivity contribution in [2.24, 2.45) is 5.73 Å². The molecule has 0 aliphatic heterocycles. The summed E-state index contributed by atoms with van der Waals surface area (Å²) in [5.41, 5.74) is 5.57. The number of carbonyl (C=O) groups is 2. The summed E-state index contributed by atoms with van der Waals surface area (Å²) in [5, 5.41) is 5.16. The van der Waals surface area contributed by atoms with Gasteiger partial charge in [-0.25, -0.2) is 4.79 Å². The first-order chi connectivity index (χ1) is 11.8. The molecule has 6 nitrogen and oxygen atoms in total. The number of unbranched alkanes of at least 4 members (excludes halogenated alkanes) is 2. The van der Waals surface area contributed by atoms with E-state index in [-0.39, 0.29) is 18.2 Å². The summed E-state index contributed by atoms with van der Waals surface area (Å²) in [5.74, 6) is -0.0458. The van der Waals surface area contributed by atoms with Crippen molar-refractivity contribution < 1.29 is 27.5 Å². The number of urea groups is 1. The molecule has 1 rings (SSSR count). The van der Waals surface area contributed by atoms with Crippen molar-refractivity contribution in [3.63, 3.8) is 0 Å². The van der Waals surface area contributed by atoms with Gasteiger partial charge in [0.1, 0.15) is 5.75 Å². The van der Waals surface area contributed by atoms with Crippen LogP contribution < -0.4 is 21.1 Å². The maximum absolute atomic E-state index is 12.1. The van der Waals surface area contributed by atoms with Crippen LogP contribution in [0, 0.1) is 0 Å². The van der Waals surface area contributed by atoms with Crippen molar-refractivity contribution in [3.8, 4) is 5.75 Å². The Kier molecular flexibility index (Phi) is 8.59. The second kappa shape index (κ2) is 10.4. The molecule has 0 aromatic heterocycles. The molecule has 0 aliphatic carbocycles. The molecule has 0 saturated heterocycles. The molecular formula is C16H22F3N3O3. The molecule has 0 unspecified atom stereocenters. The zero-order valence-corrected chi connectivity index (χ0v) is 13.7. The highest BCUT2D eigenvalue weighted by Gasteiger charge is 2.28. The fourth-order valence-corrected chi connectivity index (χ4v) is 2.00. The number of nitrogens with one attached hydrogen (secondary N) is 2. The van der Waals surface area contributed by atoms with Gasteiger partial charge in [-0.2, -0.15) is 13.2 Å². The van der Waals surface area contributed by atoms with E-state index in [2.05, 4.69) is 15.4 Å². The summed E-state index contributed by atoms with van der Waals surface area (Å²) in [6.07, 6.45) is -1.89. The Labute approximate surface area is 143 Å². The van der Waals surface area contributed by atoms with Crippen molar-refractivity contribution in [2.75, 3.05) is 13.2 Å². The minimum absolute atomic E-state index is 0.103. The number of primary amides is 1. The van der Waals surface area contributed by atoms with E-state index in [0.29, 0.717) is 24.9 Å². The molecular weight excluding hydrogens is 339 g/mol. The van der Waals surface area contributed by atoms with E-state index in [9.17, 15) is 22.8 Å². The number of nitrogens with two attached hydrogens (primary N) is 1. The third kappa shape index (κ3) is 10.9. The number of hydrogen-bond acceptors (Lipinski definition) is 3. The Morgan fingerprint density at radius 1 is 1.12 bits per heavy atom. The SMILES string of the molecule is NC(=O)NCCCCCC(=O)NCc1cccc(OCC(F)(F)F)c1. The lowest BCUT2D eigenvalue weighted by atomic mass is 10.1. The smallest absolute Gasteiger partial charge is 0.422 e. The largest absolute Gasteiger partial charge is 0.484 e. The molecule has 0 heterocycles. The summed E-state index contributed by atoms with van der Waals surface area (Å²) in [6.45, 7) is -0.666. The van der Waals surface area contributed by atoms with Crippen LogP contribution in [0.15, 0.2) is 24.3 Å². The highest BCUT2D eigenvalue weighted by molar-refractivity contribution is 5.75. The van der Waals surface area contributed by atoms with Crippen LogP contribution in [0.1, 0.15) is 31.2 Å². The fourth-order valence-electron chi connectivity index (χ4n) is 2.00. The van der Waals surface area contributed by atoms with Gasteiger partial charge in [0.2, 0.25) is 5.91 Å². The summed E-state index contributed by atoms with van der Waals surface area (Å²) in [6, 6.07) is 5.58. The van der Waals surface area contributed by atoms with Gasteiger partial charge < -0.3 is 21.1 Å². The number of alkyl halides is 3. The lowest BCUT2D eigenvalue weighted by molar-refractivity contribution is -0.153. The molecule has 0 aliphatic rings. The van der Waals surface area contributed by atoms with Crippen LogP contribution in [-0.4, -0.2) is 31.3 Å². The molecule has 0 radical (unpaired) electrons. The molecule has 0 bridgehead atoms.